The van der Waals surface area contributed by atoms with Crippen LogP contribution in [0.1, 0.15) is 19.4 Å². The van der Waals surface area contributed by atoms with Crippen LogP contribution in [0.4, 0.5) is 10.1 Å². The third-order valence-electron chi connectivity index (χ3n) is 3.97. The van der Waals surface area contributed by atoms with Crippen molar-refractivity contribution in [2.45, 2.75) is 26.8 Å². The van der Waals surface area contributed by atoms with Crippen molar-refractivity contribution in [3.63, 3.8) is 0 Å². The maximum Gasteiger partial charge on any atom is 0.146 e. The number of aliphatic hydroxyl groups is 1. The average molecular weight is 311 g/mol. The molecule has 0 atom stereocenters. The predicted octanol–water partition coefficient (Wildman–Crippen LogP) is 1.86. The molecule has 2 fully saturated rings. The summed E-state index contributed by atoms with van der Waals surface area (Å²) in [6.07, 6.45) is 0. The van der Waals surface area contributed by atoms with E-state index in [1.165, 1.54) is 0 Å². The number of aryl methyl sites for hydroxylation is 1. The van der Waals surface area contributed by atoms with E-state index in [-0.39, 0.29) is 5.82 Å². The standard InChI is InChI=1S/C14H20FN3.C2H6.CH4O/c1-11-2-3-14(13(15)8-11)18-9-12(10-18)17-6-4-16-5-7-17;2*1-2/h2-3,8,12,16H,4-7,9-10H2,1H3;1-2H3;2H,1H3. The summed E-state index contributed by atoms with van der Waals surface area (Å²) in [5, 5.41) is 10.4. The molecule has 0 unspecified atom stereocenters. The minimum absolute atomic E-state index is 0.0891. The highest BCUT2D eigenvalue weighted by Crippen LogP contribution is 2.27. The highest BCUT2D eigenvalue weighted by atomic mass is 19.1. The van der Waals surface area contributed by atoms with Crippen molar-refractivity contribution in [3.05, 3.63) is 29.6 Å². The zero-order valence-corrected chi connectivity index (χ0v) is 14.3. The van der Waals surface area contributed by atoms with Gasteiger partial charge in [0.15, 0.2) is 0 Å². The van der Waals surface area contributed by atoms with Gasteiger partial charge in [0.2, 0.25) is 0 Å². The molecule has 0 spiro atoms. The van der Waals surface area contributed by atoms with Crippen molar-refractivity contribution in [1.29, 1.82) is 0 Å². The number of hydrogen-bond donors (Lipinski definition) is 2. The fourth-order valence-corrected chi connectivity index (χ4v) is 2.80. The van der Waals surface area contributed by atoms with E-state index in [2.05, 4.69) is 15.1 Å². The Kier molecular flexibility index (Phi) is 8.38. The second kappa shape index (κ2) is 9.77. The van der Waals surface area contributed by atoms with E-state index in [0.29, 0.717) is 6.04 Å². The smallest absolute Gasteiger partial charge is 0.146 e. The quantitative estimate of drug-likeness (QED) is 0.874. The summed E-state index contributed by atoms with van der Waals surface area (Å²) in [5.74, 6) is -0.0891. The fourth-order valence-electron chi connectivity index (χ4n) is 2.80. The van der Waals surface area contributed by atoms with Gasteiger partial charge in [0.25, 0.3) is 0 Å². The number of halogens is 1. The van der Waals surface area contributed by atoms with Crippen molar-refractivity contribution >= 4 is 5.69 Å². The molecule has 2 saturated heterocycles. The van der Waals surface area contributed by atoms with Crippen molar-refractivity contribution in [2.24, 2.45) is 0 Å². The third-order valence-corrected chi connectivity index (χ3v) is 3.97. The Bertz CT molecular complexity index is 430. The molecule has 2 heterocycles. The maximum atomic E-state index is 13.8. The van der Waals surface area contributed by atoms with Crippen LogP contribution in [0.15, 0.2) is 18.2 Å². The molecule has 5 heteroatoms. The molecular weight excluding hydrogens is 281 g/mol. The van der Waals surface area contributed by atoms with Crippen LogP contribution in [0.25, 0.3) is 0 Å². The lowest BCUT2D eigenvalue weighted by Crippen LogP contribution is -2.63. The first-order chi connectivity index (χ1) is 10.7. The number of rotatable bonds is 2. The van der Waals surface area contributed by atoms with Crippen LogP contribution in [-0.2, 0) is 0 Å². The van der Waals surface area contributed by atoms with E-state index in [1.54, 1.807) is 6.07 Å². The Morgan fingerprint density at radius 3 is 2.27 bits per heavy atom. The summed E-state index contributed by atoms with van der Waals surface area (Å²) in [5.41, 5.74) is 1.74. The topological polar surface area (TPSA) is 38.7 Å². The molecule has 2 aliphatic heterocycles. The summed E-state index contributed by atoms with van der Waals surface area (Å²) in [7, 11) is 1.00. The van der Waals surface area contributed by atoms with Crippen LogP contribution >= 0.6 is 0 Å². The monoisotopic (exact) mass is 311 g/mol. The third kappa shape index (κ3) is 4.66. The maximum absolute atomic E-state index is 13.8. The summed E-state index contributed by atoms with van der Waals surface area (Å²) in [6.45, 7) is 12.2. The Morgan fingerprint density at radius 2 is 1.73 bits per heavy atom. The molecule has 126 valence electrons. The van der Waals surface area contributed by atoms with Gasteiger partial charge in [-0.25, -0.2) is 4.39 Å². The van der Waals surface area contributed by atoms with Gasteiger partial charge in [-0.15, -0.1) is 0 Å². The first kappa shape index (κ1) is 18.9. The van der Waals surface area contributed by atoms with Gasteiger partial charge in [0.05, 0.1) is 5.69 Å². The molecule has 0 radical (unpaired) electrons. The van der Waals surface area contributed by atoms with E-state index < -0.39 is 0 Å². The van der Waals surface area contributed by atoms with E-state index in [0.717, 1.165) is 57.6 Å². The number of nitrogens with zero attached hydrogens (tertiary/aromatic N) is 2. The van der Waals surface area contributed by atoms with Crippen molar-refractivity contribution < 1.29 is 9.50 Å². The number of hydrogen-bond acceptors (Lipinski definition) is 4. The zero-order valence-electron chi connectivity index (χ0n) is 14.3. The number of benzene rings is 1. The molecule has 4 nitrogen and oxygen atoms in total. The van der Waals surface area contributed by atoms with Gasteiger partial charge in [-0.2, -0.15) is 0 Å². The summed E-state index contributed by atoms with van der Waals surface area (Å²) in [6, 6.07) is 6.11. The van der Waals surface area contributed by atoms with Gasteiger partial charge in [-0.05, 0) is 24.6 Å². The Labute approximate surface area is 133 Å². The lowest BCUT2D eigenvalue weighted by Gasteiger charge is -2.48. The predicted molar refractivity (Wildman–Crippen MR) is 91.1 cm³/mol. The molecule has 0 aromatic heterocycles. The van der Waals surface area contributed by atoms with Gasteiger partial charge in [-0.1, -0.05) is 19.9 Å². The molecule has 3 rings (SSSR count). The molecular formula is C17H30FN3O. The van der Waals surface area contributed by atoms with Crippen LogP contribution in [0, 0.1) is 12.7 Å². The van der Waals surface area contributed by atoms with Crippen molar-refractivity contribution in [2.75, 3.05) is 51.3 Å². The van der Waals surface area contributed by atoms with Crippen LogP contribution < -0.4 is 10.2 Å². The molecule has 0 bridgehead atoms. The van der Waals surface area contributed by atoms with E-state index in [9.17, 15) is 4.39 Å². The highest BCUT2D eigenvalue weighted by Gasteiger charge is 2.33. The molecule has 22 heavy (non-hydrogen) atoms. The van der Waals surface area contributed by atoms with Crippen LogP contribution in [-0.4, -0.2) is 62.4 Å². The SMILES string of the molecule is CC.CO.Cc1ccc(N2CC(N3CCNCC3)C2)c(F)c1. The van der Waals surface area contributed by atoms with Gasteiger partial charge >= 0.3 is 0 Å². The second-order valence-corrected chi connectivity index (χ2v) is 5.30. The lowest BCUT2D eigenvalue weighted by atomic mass is 10.0. The molecule has 2 aliphatic rings. The number of aliphatic hydroxyl groups excluding tert-OH is 1. The summed E-state index contributed by atoms with van der Waals surface area (Å²) < 4.78 is 13.8. The number of piperazine rings is 1. The largest absolute Gasteiger partial charge is 0.400 e. The van der Waals surface area contributed by atoms with Crippen molar-refractivity contribution in [3.8, 4) is 0 Å². The number of anilines is 1. The van der Waals surface area contributed by atoms with Gasteiger partial charge in [0.1, 0.15) is 5.82 Å². The molecule has 0 aliphatic carbocycles. The van der Waals surface area contributed by atoms with E-state index >= 15 is 0 Å². The highest BCUT2D eigenvalue weighted by molar-refractivity contribution is 5.51. The Hall–Kier alpha value is -1.17. The molecule has 0 saturated carbocycles. The molecule has 0 amide bonds. The normalized spacial score (nSPS) is 18.5. The van der Waals surface area contributed by atoms with Crippen LogP contribution in [0.3, 0.4) is 0 Å². The first-order valence-corrected chi connectivity index (χ1v) is 8.14. The Morgan fingerprint density at radius 1 is 1.14 bits per heavy atom. The fraction of sp³-hybridized carbons (Fsp3) is 0.647. The van der Waals surface area contributed by atoms with Crippen LogP contribution in [0.5, 0.6) is 0 Å². The summed E-state index contributed by atoms with van der Waals surface area (Å²) in [4.78, 5) is 4.65. The zero-order chi connectivity index (χ0) is 16.5. The molecule has 2 N–H and O–H groups in total. The lowest BCUT2D eigenvalue weighted by molar-refractivity contribution is 0.147. The first-order valence-electron chi connectivity index (χ1n) is 8.14. The summed E-state index contributed by atoms with van der Waals surface area (Å²) >= 11 is 0. The van der Waals surface area contributed by atoms with Crippen LogP contribution in [0.2, 0.25) is 0 Å². The number of nitrogens with one attached hydrogen (secondary N) is 1. The van der Waals surface area contributed by atoms with Gasteiger partial charge in [0, 0.05) is 52.4 Å². The second-order valence-electron chi connectivity index (χ2n) is 5.30. The van der Waals surface area contributed by atoms with E-state index in [1.807, 2.05) is 32.9 Å². The minimum Gasteiger partial charge on any atom is -0.400 e. The average Bonchev–Trinajstić information content (AvgIpc) is 2.53. The molecule has 1 aromatic carbocycles. The Balaban J connectivity index is 0.000000561. The van der Waals surface area contributed by atoms with Gasteiger partial charge in [-0.3, -0.25) is 4.90 Å². The van der Waals surface area contributed by atoms with Crippen molar-refractivity contribution in [1.82, 2.24) is 10.2 Å². The molecule has 1 aromatic rings. The van der Waals surface area contributed by atoms with Gasteiger partial charge < -0.3 is 15.3 Å². The minimum atomic E-state index is -0.0891. The van der Waals surface area contributed by atoms with E-state index in [4.69, 9.17) is 5.11 Å².